The normalized spacial score (nSPS) is 29.8. The Bertz CT molecular complexity index is 982. The monoisotopic (exact) mass is 441 g/mol. The van der Waals surface area contributed by atoms with Crippen molar-refractivity contribution in [3.05, 3.63) is 35.4 Å². The number of carbonyl (C=O) groups is 1. The molecule has 1 amide bonds. The molecule has 1 aromatic rings. The Morgan fingerprint density at radius 2 is 1.84 bits per heavy atom. The van der Waals surface area contributed by atoms with E-state index in [-0.39, 0.29) is 18.1 Å². The van der Waals surface area contributed by atoms with Crippen molar-refractivity contribution in [3.63, 3.8) is 0 Å². The second-order valence-electron chi connectivity index (χ2n) is 9.81. The number of methoxy groups -OCH3 is 1. The van der Waals surface area contributed by atoms with E-state index in [0.29, 0.717) is 13.2 Å². The third-order valence-electron chi connectivity index (χ3n) is 6.01. The van der Waals surface area contributed by atoms with E-state index in [0.717, 1.165) is 22.6 Å². The number of amides is 1. The lowest BCUT2D eigenvalue weighted by Crippen LogP contribution is -2.78. The van der Waals surface area contributed by atoms with Gasteiger partial charge in [0.05, 0.1) is 20.3 Å². The molecule has 3 aliphatic rings. The Hall–Kier alpha value is -2.11. The quantitative estimate of drug-likeness (QED) is 0.408. The molecule has 2 saturated heterocycles. The van der Waals surface area contributed by atoms with Crippen molar-refractivity contribution >= 4 is 19.7 Å². The number of anilines is 1. The van der Waals surface area contributed by atoms with Crippen molar-refractivity contribution < 1.29 is 23.7 Å². The van der Waals surface area contributed by atoms with Crippen LogP contribution >= 0.6 is 0 Å². The van der Waals surface area contributed by atoms with Crippen molar-refractivity contribution in [2.24, 2.45) is 0 Å². The van der Waals surface area contributed by atoms with Crippen LogP contribution in [0, 0.1) is 11.5 Å². The summed E-state index contributed by atoms with van der Waals surface area (Å²) >= 11 is 0. The van der Waals surface area contributed by atoms with E-state index in [1.807, 2.05) is 45.0 Å². The summed E-state index contributed by atoms with van der Waals surface area (Å²) in [4.78, 5) is 15.4. The average molecular weight is 442 g/mol. The van der Waals surface area contributed by atoms with Crippen LogP contribution in [-0.2, 0) is 19.0 Å². The molecule has 0 unspecified atom stereocenters. The summed E-state index contributed by atoms with van der Waals surface area (Å²) in [5.41, 5.74) is 4.94. The summed E-state index contributed by atoms with van der Waals surface area (Å²) < 4.78 is 23.6. The average Bonchev–Trinajstić information content (AvgIpc) is 3.23. The van der Waals surface area contributed by atoms with E-state index in [1.165, 1.54) is 0 Å². The number of carbonyl (C=O) groups excluding carboxylic acids is 1. The molecule has 3 heterocycles. The van der Waals surface area contributed by atoms with Crippen LogP contribution in [0.3, 0.4) is 0 Å². The van der Waals surface area contributed by atoms with Crippen LogP contribution in [-0.4, -0.2) is 57.8 Å². The molecule has 0 N–H and O–H groups in total. The van der Waals surface area contributed by atoms with E-state index in [1.54, 1.807) is 12.0 Å². The van der Waals surface area contributed by atoms with Crippen molar-refractivity contribution in [2.45, 2.75) is 63.9 Å². The van der Waals surface area contributed by atoms with Crippen molar-refractivity contribution in [1.82, 2.24) is 0 Å². The lowest BCUT2D eigenvalue weighted by molar-refractivity contribution is -0.172. The lowest BCUT2D eigenvalue weighted by atomic mass is 9.73. The van der Waals surface area contributed by atoms with Crippen molar-refractivity contribution in [2.75, 3.05) is 25.2 Å². The molecule has 31 heavy (non-hydrogen) atoms. The minimum atomic E-state index is -1.55. The largest absolute Gasteiger partial charge is 0.497 e. The first-order chi connectivity index (χ1) is 14.5. The number of hydrogen-bond acceptors (Lipinski definition) is 5. The number of β-lactam (4-membered cyclic amide) rings is 1. The van der Waals surface area contributed by atoms with Gasteiger partial charge in [0.1, 0.15) is 26.0 Å². The highest BCUT2D eigenvalue weighted by atomic mass is 28.3. The molecule has 3 aliphatic heterocycles. The van der Waals surface area contributed by atoms with Gasteiger partial charge >= 0.3 is 0 Å². The van der Waals surface area contributed by atoms with Crippen LogP contribution in [0.5, 0.6) is 5.75 Å². The number of rotatable bonds is 3. The number of hydrogen-bond donors (Lipinski definition) is 0. The minimum Gasteiger partial charge on any atom is -0.497 e. The second kappa shape index (κ2) is 7.49. The van der Waals surface area contributed by atoms with Gasteiger partial charge in [-0.25, -0.2) is 0 Å². The van der Waals surface area contributed by atoms with Crippen LogP contribution in [0.1, 0.15) is 20.8 Å². The molecule has 4 rings (SSSR count). The van der Waals surface area contributed by atoms with Gasteiger partial charge in [0.15, 0.2) is 11.4 Å². The molecule has 0 radical (unpaired) electrons. The number of nitrogens with zero attached hydrogens (tertiary/aromatic N) is 1. The van der Waals surface area contributed by atoms with Crippen LogP contribution in [0.2, 0.25) is 19.6 Å². The predicted octanol–water partition coefficient (Wildman–Crippen LogP) is 3.53. The van der Waals surface area contributed by atoms with E-state index in [9.17, 15) is 4.79 Å². The zero-order valence-corrected chi connectivity index (χ0v) is 20.4. The molecule has 1 spiro atoms. The summed E-state index contributed by atoms with van der Waals surface area (Å²) in [5, 5.41) is 0. The van der Waals surface area contributed by atoms with E-state index in [4.69, 9.17) is 18.9 Å². The highest BCUT2D eigenvalue weighted by Crippen LogP contribution is 2.50. The zero-order chi connectivity index (χ0) is 22.6. The maximum Gasteiger partial charge on any atom is 0.266 e. The summed E-state index contributed by atoms with van der Waals surface area (Å²) in [6, 6.07) is 7.14. The first-order valence-electron chi connectivity index (χ1n) is 10.7. The molecule has 7 heteroatoms. The molecule has 0 saturated carbocycles. The van der Waals surface area contributed by atoms with Gasteiger partial charge < -0.3 is 18.9 Å². The predicted molar refractivity (Wildman–Crippen MR) is 122 cm³/mol. The van der Waals surface area contributed by atoms with Crippen molar-refractivity contribution in [3.8, 4) is 17.2 Å². The third-order valence-corrected chi connectivity index (χ3v) is 6.88. The maximum absolute atomic E-state index is 13.6. The van der Waals surface area contributed by atoms with Gasteiger partial charge in [-0.3, -0.25) is 9.69 Å². The molecule has 0 aromatic heterocycles. The van der Waals surface area contributed by atoms with E-state index >= 15 is 0 Å². The Kier molecular flexibility index (Phi) is 5.34. The topological polar surface area (TPSA) is 57.2 Å². The maximum atomic E-state index is 13.6. The summed E-state index contributed by atoms with van der Waals surface area (Å²) in [7, 11) is 0.0724. The highest BCUT2D eigenvalue weighted by Gasteiger charge is 2.69. The smallest absolute Gasteiger partial charge is 0.266 e. The SMILES string of the molecule is COc1ccc(N2C(=O)[C@]3(OCC(C#C[Si](C)(C)C)=C3C)[C@@H]2[C@H]2COC(C)(C)O2)cc1. The molecule has 166 valence electrons. The van der Waals surface area contributed by atoms with Crippen LogP contribution in [0.15, 0.2) is 35.4 Å². The molecule has 2 fully saturated rings. The van der Waals surface area contributed by atoms with E-state index in [2.05, 4.69) is 31.1 Å². The van der Waals surface area contributed by atoms with Gasteiger partial charge in [0.2, 0.25) is 0 Å². The second-order valence-corrected chi connectivity index (χ2v) is 14.6. The standard InChI is InChI=1S/C24H31NO5Si/c1-16-17(12-13-31(5,6)7)14-29-24(16)21(20-15-28-23(2,3)30-20)25(22(24)26)18-8-10-19(27-4)11-9-18/h8-11,20-21H,14-15H2,1-7H3/t20-,21+,24-/m1/s1. The molecule has 0 bridgehead atoms. The fourth-order valence-electron chi connectivity index (χ4n) is 4.42. The Balaban J connectivity index is 1.74. The highest BCUT2D eigenvalue weighted by molar-refractivity contribution is 6.83. The van der Waals surface area contributed by atoms with Gasteiger partial charge in [0, 0.05) is 11.3 Å². The molecule has 0 aliphatic carbocycles. The van der Waals surface area contributed by atoms with Gasteiger partial charge in [-0.1, -0.05) is 25.6 Å². The van der Waals surface area contributed by atoms with Crippen LogP contribution in [0.25, 0.3) is 0 Å². The minimum absolute atomic E-state index is 0.0849. The van der Waals surface area contributed by atoms with Gasteiger partial charge in [-0.05, 0) is 50.6 Å². The van der Waals surface area contributed by atoms with Crippen LogP contribution < -0.4 is 9.64 Å². The first-order valence-corrected chi connectivity index (χ1v) is 14.2. The Labute approximate surface area is 185 Å². The molecular formula is C24H31NO5Si. The first kappa shape index (κ1) is 22.1. The van der Waals surface area contributed by atoms with Crippen LogP contribution in [0.4, 0.5) is 5.69 Å². The van der Waals surface area contributed by atoms with Gasteiger partial charge in [0.25, 0.3) is 5.91 Å². The van der Waals surface area contributed by atoms with Gasteiger partial charge in [-0.15, -0.1) is 5.54 Å². The summed E-state index contributed by atoms with van der Waals surface area (Å²) in [6.07, 6.45) is -0.311. The fourth-order valence-corrected chi connectivity index (χ4v) is 4.94. The fraction of sp³-hybridized carbons (Fsp3) is 0.542. The van der Waals surface area contributed by atoms with Gasteiger partial charge in [-0.2, -0.15) is 0 Å². The lowest BCUT2D eigenvalue weighted by Gasteiger charge is -2.55. The number of ether oxygens (including phenoxy) is 4. The summed E-state index contributed by atoms with van der Waals surface area (Å²) in [6.45, 7) is 13.1. The zero-order valence-electron chi connectivity index (χ0n) is 19.4. The number of benzene rings is 1. The Morgan fingerprint density at radius 1 is 1.16 bits per heavy atom. The summed E-state index contributed by atoms with van der Waals surface area (Å²) in [5.74, 6) is 3.27. The van der Waals surface area contributed by atoms with E-state index < -0.39 is 19.5 Å². The molecular weight excluding hydrogens is 410 g/mol. The molecule has 6 nitrogen and oxygen atoms in total. The molecule has 3 atom stereocenters. The van der Waals surface area contributed by atoms with Crippen molar-refractivity contribution in [1.29, 1.82) is 0 Å². The molecule has 1 aromatic carbocycles. The Morgan fingerprint density at radius 3 is 2.39 bits per heavy atom. The third kappa shape index (κ3) is 3.72.